The second-order valence-corrected chi connectivity index (χ2v) is 4.64. The van der Waals surface area contributed by atoms with Gasteiger partial charge in [0.15, 0.2) is 0 Å². The van der Waals surface area contributed by atoms with Crippen LogP contribution in [0.1, 0.15) is 18.4 Å². The minimum atomic E-state index is -1.26. The minimum Gasteiger partial charge on any atom is -0.480 e. The number of carbonyl (C=O) groups is 2. The lowest BCUT2D eigenvalue weighted by atomic mass is 10.1. The zero-order chi connectivity index (χ0) is 13.3. The van der Waals surface area contributed by atoms with Crippen LogP contribution in [0.3, 0.4) is 0 Å². The van der Waals surface area contributed by atoms with Gasteiger partial charge in [-0.3, -0.25) is 9.59 Å². The van der Waals surface area contributed by atoms with Crippen molar-refractivity contribution in [3.8, 4) is 0 Å². The van der Waals surface area contributed by atoms with E-state index in [4.69, 9.17) is 5.11 Å². The van der Waals surface area contributed by atoms with E-state index in [2.05, 4.69) is 0 Å². The van der Waals surface area contributed by atoms with Crippen LogP contribution in [0.4, 0.5) is 4.39 Å². The van der Waals surface area contributed by atoms with Gasteiger partial charge in [-0.2, -0.15) is 0 Å². The van der Waals surface area contributed by atoms with E-state index in [0.29, 0.717) is 18.4 Å². The topological polar surface area (TPSA) is 57.6 Å². The normalized spacial score (nSPS) is 16.1. The Bertz CT molecular complexity index is 497. The van der Waals surface area contributed by atoms with Crippen molar-refractivity contribution in [1.29, 1.82) is 0 Å². The van der Waals surface area contributed by atoms with Crippen molar-refractivity contribution < 1.29 is 19.1 Å². The molecule has 1 aliphatic rings. The molecule has 0 heterocycles. The fraction of sp³-hybridized carbons (Fsp3) is 0.385. The fourth-order valence-corrected chi connectivity index (χ4v) is 1.96. The summed E-state index contributed by atoms with van der Waals surface area (Å²) in [6, 6.07) is 6.15. The highest BCUT2D eigenvalue weighted by Gasteiger charge is 2.58. The lowest BCUT2D eigenvalue weighted by molar-refractivity contribution is -0.153. The van der Waals surface area contributed by atoms with Gasteiger partial charge in [0.2, 0.25) is 5.91 Å². The van der Waals surface area contributed by atoms with Gasteiger partial charge in [-0.25, -0.2) is 4.39 Å². The number of rotatable bonds is 4. The molecule has 2 rings (SSSR count). The van der Waals surface area contributed by atoms with Gasteiger partial charge in [-0.15, -0.1) is 0 Å². The van der Waals surface area contributed by atoms with Crippen molar-refractivity contribution in [2.45, 2.75) is 19.4 Å². The second-order valence-electron chi connectivity index (χ2n) is 4.64. The lowest BCUT2D eigenvalue weighted by Crippen LogP contribution is -2.38. The number of amides is 1. The van der Waals surface area contributed by atoms with E-state index in [0.717, 1.165) is 0 Å². The van der Waals surface area contributed by atoms with Crippen LogP contribution < -0.4 is 0 Å². The Balaban J connectivity index is 2.10. The summed E-state index contributed by atoms with van der Waals surface area (Å²) in [5, 5.41) is 9.02. The molecule has 1 fully saturated rings. The molecule has 18 heavy (non-hydrogen) atoms. The minimum absolute atomic E-state index is 0.0839. The molecule has 1 saturated carbocycles. The van der Waals surface area contributed by atoms with E-state index in [1.54, 1.807) is 18.2 Å². The Labute approximate surface area is 104 Å². The molecule has 0 unspecified atom stereocenters. The summed E-state index contributed by atoms with van der Waals surface area (Å²) in [6.45, 7) is 0.0839. The molecule has 4 nitrogen and oxygen atoms in total. The highest BCUT2D eigenvalue weighted by molar-refractivity contribution is 6.04. The number of benzene rings is 1. The van der Waals surface area contributed by atoms with Crippen LogP contribution in [-0.4, -0.2) is 28.9 Å². The predicted molar refractivity (Wildman–Crippen MR) is 62.2 cm³/mol. The number of hydrogen-bond acceptors (Lipinski definition) is 2. The second kappa shape index (κ2) is 4.40. The number of carboxylic acid groups (broad SMARTS) is 1. The standard InChI is InChI=1S/C13H14FNO3/c1-15(8-9-4-2-3-5-10(9)14)11(16)13(6-7-13)12(17)18/h2-5H,6-8H2,1H3,(H,17,18). The SMILES string of the molecule is CN(Cc1ccccc1F)C(=O)C1(C(=O)O)CC1. The largest absolute Gasteiger partial charge is 0.480 e. The molecule has 0 bridgehead atoms. The van der Waals surface area contributed by atoms with Crippen molar-refractivity contribution in [1.82, 2.24) is 4.90 Å². The van der Waals surface area contributed by atoms with Gasteiger partial charge >= 0.3 is 5.97 Å². The van der Waals surface area contributed by atoms with Gasteiger partial charge in [-0.05, 0) is 18.9 Å². The van der Waals surface area contributed by atoms with Gasteiger partial charge in [0.05, 0.1) is 0 Å². The third kappa shape index (κ3) is 2.08. The molecule has 0 atom stereocenters. The maximum Gasteiger partial charge on any atom is 0.319 e. The monoisotopic (exact) mass is 251 g/mol. The third-order valence-electron chi connectivity index (χ3n) is 3.28. The Kier molecular flexibility index (Phi) is 3.07. The summed E-state index contributed by atoms with van der Waals surface area (Å²) in [4.78, 5) is 24.3. The van der Waals surface area contributed by atoms with Crippen LogP contribution in [0.5, 0.6) is 0 Å². The molecular formula is C13H14FNO3. The van der Waals surface area contributed by atoms with Crippen molar-refractivity contribution in [3.05, 3.63) is 35.6 Å². The summed E-state index contributed by atoms with van der Waals surface area (Å²) in [5.41, 5.74) is -0.880. The molecule has 0 aliphatic heterocycles. The zero-order valence-electron chi connectivity index (χ0n) is 10.0. The van der Waals surface area contributed by atoms with E-state index < -0.39 is 23.1 Å². The van der Waals surface area contributed by atoms with Crippen LogP contribution in [0.15, 0.2) is 24.3 Å². The number of halogens is 1. The maximum atomic E-state index is 13.4. The van der Waals surface area contributed by atoms with E-state index >= 15 is 0 Å². The van der Waals surface area contributed by atoms with Crippen LogP contribution in [0.2, 0.25) is 0 Å². The highest BCUT2D eigenvalue weighted by Crippen LogP contribution is 2.47. The van der Waals surface area contributed by atoms with Crippen molar-refractivity contribution in [3.63, 3.8) is 0 Å². The molecule has 1 amide bonds. The Morgan fingerprint density at radius 1 is 1.39 bits per heavy atom. The lowest BCUT2D eigenvalue weighted by Gasteiger charge is -2.21. The van der Waals surface area contributed by atoms with Gasteiger partial charge in [0.25, 0.3) is 0 Å². The molecule has 1 aromatic carbocycles. The first-order valence-electron chi connectivity index (χ1n) is 5.70. The molecule has 0 saturated heterocycles. The quantitative estimate of drug-likeness (QED) is 0.828. The molecule has 1 aliphatic carbocycles. The molecule has 1 aromatic rings. The van der Waals surface area contributed by atoms with Crippen LogP contribution >= 0.6 is 0 Å². The van der Waals surface area contributed by atoms with Crippen molar-refractivity contribution >= 4 is 11.9 Å². The Morgan fingerprint density at radius 3 is 2.50 bits per heavy atom. The third-order valence-corrected chi connectivity index (χ3v) is 3.28. The van der Waals surface area contributed by atoms with Gasteiger partial charge < -0.3 is 10.0 Å². The van der Waals surface area contributed by atoms with E-state index in [9.17, 15) is 14.0 Å². The number of carboxylic acids is 1. The first-order chi connectivity index (χ1) is 8.47. The number of hydrogen-bond donors (Lipinski definition) is 1. The number of nitrogens with zero attached hydrogens (tertiary/aromatic N) is 1. The average molecular weight is 251 g/mol. The van der Waals surface area contributed by atoms with Gasteiger partial charge in [-0.1, -0.05) is 18.2 Å². The van der Waals surface area contributed by atoms with Crippen LogP contribution in [0, 0.1) is 11.2 Å². The molecule has 5 heteroatoms. The van der Waals surface area contributed by atoms with Crippen LogP contribution in [-0.2, 0) is 16.1 Å². The first kappa shape index (κ1) is 12.5. The summed E-state index contributed by atoms with van der Waals surface area (Å²) in [6.07, 6.45) is 0.728. The van der Waals surface area contributed by atoms with Gasteiger partial charge in [0.1, 0.15) is 11.2 Å². The number of carbonyl (C=O) groups excluding carboxylic acids is 1. The van der Waals surface area contributed by atoms with Crippen molar-refractivity contribution in [2.24, 2.45) is 5.41 Å². The maximum absolute atomic E-state index is 13.4. The predicted octanol–water partition coefficient (Wildman–Crippen LogP) is 1.65. The first-order valence-corrected chi connectivity index (χ1v) is 5.70. The van der Waals surface area contributed by atoms with E-state index in [1.807, 2.05) is 0 Å². The average Bonchev–Trinajstić information content (AvgIpc) is 3.12. The van der Waals surface area contributed by atoms with E-state index in [1.165, 1.54) is 18.0 Å². The summed E-state index contributed by atoms with van der Waals surface area (Å²) in [5.74, 6) is -1.93. The van der Waals surface area contributed by atoms with Crippen molar-refractivity contribution in [2.75, 3.05) is 7.05 Å². The van der Waals surface area contributed by atoms with Gasteiger partial charge in [0, 0.05) is 19.2 Å². The summed E-state index contributed by atoms with van der Waals surface area (Å²) in [7, 11) is 1.50. The molecule has 1 N–H and O–H groups in total. The number of aliphatic carboxylic acids is 1. The Morgan fingerprint density at radius 2 is 2.00 bits per heavy atom. The fourth-order valence-electron chi connectivity index (χ4n) is 1.96. The summed E-state index contributed by atoms with van der Waals surface area (Å²) < 4.78 is 13.4. The molecule has 0 spiro atoms. The highest BCUT2D eigenvalue weighted by atomic mass is 19.1. The molecule has 96 valence electrons. The molecule has 0 aromatic heterocycles. The Hall–Kier alpha value is -1.91. The molecule has 0 radical (unpaired) electrons. The zero-order valence-corrected chi connectivity index (χ0v) is 10.0. The molecular weight excluding hydrogens is 237 g/mol. The van der Waals surface area contributed by atoms with Crippen LogP contribution in [0.25, 0.3) is 0 Å². The smallest absolute Gasteiger partial charge is 0.319 e. The van der Waals surface area contributed by atoms with E-state index in [-0.39, 0.29) is 6.54 Å². The summed E-state index contributed by atoms with van der Waals surface area (Å²) >= 11 is 0.